The lowest BCUT2D eigenvalue weighted by molar-refractivity contribution is -0.141. The molecule has 1 aromatic heterocycles. The van der Waals surface area contributed by atoms with Crippen molar-refractivity contribution in [2.45, 2.75) is 42.3 Å². The maximum Gasteiger partial charge on any atom is 0.433 e. The monoisotopic (exact) mass is 614 g/mol. The predicted molar refractivity (Wildman–Crippen MR) is 153 cm³/mol. The summed E-state index contributed by atoms with van der Waals surface area (Å²) < 4.78 is 78.7. The van der Waals surface area contributed by atoms with Gasteiger partial charge in [0.25, 0.3) is 5.91 Å². The van der Waals surface area contributed by atoms with Crippen molar-refractivity contribution in [3.63, 3.8) is 0 Å². The summed E-state index contributed by atoms with van der Waals surface area (Å²) in [6.07, 6.45) is -4.70. The van der Waals surface area contributed by atoms with Crippen molar-refractivity contribution in [3.05, 3.63) is 102 Å². The Morgan fingerprint density at radius 2 is 1.42 bits per heavy atom. The number of benzene rings is 3. The summed E-state index contributed by atoms with van der Waals surface area (Å²) in [6, 6.07) is 17.2. The molecule has 0 aliphatic heterocycles. The number of hydrogen-bond acceptors (Lipinski definition) is 6. The Morgan fingerprint density at radius 3 is 1.98 bits per heavy atom. The molecule has 3 aromatic carbocycles. The Morgan fingerprint density at radius 1 is 0.814 bits per heavy atom. The number of alkyl halides is 3. The molecule has 0 radical (unpaired) electrons. The highest BCUT2D eigenvalue weighted by atomic mass is 32.2. The molecule has 43 heavy (non-hydrogen) atoms. The van der Waals surface area contributed by atoms with Crippen molar-refractivity contribution < 1.29 is 36.1 Å². The van der Waals surface area contributed by atoms with E-state index in [1.54, 1.807) is 51.1 Å². The number of hydrogen-bond donors (Lipinski definition) is 3. The fourth-order valence-corrected chi connectivity index (χ4v) is 5.09. The Hall–Kier alpha value is -4.78. The van der Waals surface area contributed by atoms with E-state index in [1.165, 1.54) is 36.4 Å². The smallest absolute Gasteiger partial charge is 0.433 e. The summed E-state index contributed by atoms with van der Waals surface area (Å²) in [6.45, 7) is 5.08. The molecule has 0 aliphatic carbocycles. The summed E-state index contributed by atoms with van der Waals surface area (Å²) in [5.41, 5.74) is -0.193. The van der Waals surface area contributed by atoms with Crippen molar-refractivity contribution in [1.82, 2.24) is 4.98 Å². The zero-order chi connectivity index (χ0) is 31.6. The number of carbonyl (C=O) groups excluding carboxylic acids is 2. The summed E-state index contributed by atoms with van der Waals surface area (Å²) in [5, 5.41) is 5.31. The number of carbonyl (C=O) groups is 2. The second-order valence-corrected chi connectivity index (χ2v) is 12.4. The van der Waals surface area contributed by atoms with E-state index >= 15 is 0 Å². The van der Waals surface area contributed by atoms with Crippen LogP contribution in [0.2, 0.25) is 0 Å². The number of pyridine rings is 1. The van der Waals surface area contributed by atoms with Gasteiger partial charge in [-0.2, -0.15) is 13.2 Å². The van der Waals surface area contributed by atoms with E-state index in [1.807, 2.05) is 0 Å². The standard InChI is InChI=1S/C30H26F4N4O4S/c1-29(2,3)42-28(40)38-24-14-8-20(18-4-9-21(31)10-5-18)16-25(24)37-27(39)19-6-11-22(12-7-19)43(35,41)23-13-15-26(36-17-23)30(32,33)34/h4-17,35H,1-3H3,(H,37,39)(H,38,40). The number of anilines is 2. The van der Waals surface area contributed by atoms with Crippen LogP contribution in [0.4, 0.5) is 33.7 Å². The largest absolute Gasteiger partial charge is 0.444 e. The number of ether oxygens (including phenoxy) is 1. The number of aromatic nitrogens is 1. The minimum absolute atomic E-state index is 0.0452. The molecule has 3 N–H and O–H groups in total. The van der Waals surface area contributed by atoms with Gasteiger partial charge in [0.1, 0.15) is 26.8 Å². The van der Waals surface area contributed by atoms with Crippen LogP contribution in [0.3, 0.4) is 0 Å². The molecule has 1 unspecified atom stereocenters. The van der Waals surface area contributed by atoms with Crippen LogP contribution in [0.25, 0.3) is 11.1 Å². The number of nitrogens with one attached hydrogen (secondary N) is 3. The van der Waals surface area contributed by atoms with Gasteiger partial charge in [0.15, 0.2) is 0 Å². The lowest BCUT2D eigenvalue weighted by Crippen LogP contribution is -2.27. The SMILES string of the molecule is CC(C)(C)OC(=O)Nc1ccc(-c2ccc(F)cc2)cc1NC(=O)c1ccc(S(=N)(=O)c2ccc(C(F)(F)F)nc2)cc1. The van der Waals surface area contributed by atoms with Crippen LogP contribution in [0.1, 0.15) is 36.8 Å². The summed E-state index contributed by atoms with van der Waals surface area (Å²) >= 11 is 0. The van der Waals surface area contributed by atoms with E-state index in [-0.39, 0.29) is 26.7 Å². The molecule has 1 heterocycles. The normalized spacial score (nSPS) is 13.1. The lowest BCUT2D eigenvalue weighted by Gasteiger charge is -2.21. The Labute approximate surface area is 245 Å². The molecular formula is C30H26F4N4O4S. The molecule has 4 aromatic rings. The highest BCUT2D eigenvalue weighted by Crippen LogP contribution is 2.31. The lowest BCUT2D eigenvalue weighted by atomic mass is 10.0. The number of amides is 2. The van der Waals surface area contributed by atoms with Crippen LogP contribution < -0.4 is 10.6 Å². The molecule has 4 rings (SSSR count). The molecular weight excluding hydrogens is 588 g/mol. The number of halogens is 4. The Kier molecular flexibility index (Phi) is 8.58. The fourth-order valence-electron chi connectivity index (χ4n) is 3.84. The van der Waals surface area contributed by atoms with E-state index in [0.717, 1.165) is 12.3 Å². The van der Waals surface area contributed by atoms with E-state index in [2.05, 4.69) is 15.6 Å². The summed E-state index contributed by atoms with van der Waals surface area (Å²) in [7, 11) is -3.73. The third-order valence-corrected chi connectivity index (χ3v) is 7.73. The van der Waals surface area contributed by atoms with Crippen molar-refractivity contribution in [3.8, 4) is 11.1 Å². The van der Waals surface area contributed by atoms with Crippen LogP contribution in [-0.2, 0) is 20.6 Å². The molecule has 1 atom stereocenters. The molecule has 0 aliphatic rings. The van der Waals surface area contributed by atoms with Crippen LogP contribution in [0.15, 0.2) is 94.9 Å². The van der Waals surface area contributed by atoms with Gasteiger partial charge in [-0.05, 0) is 92.6 Å². The first-order chi connectivity index (χ1) is 20.0. The first kappa shape index (κ1) is 31.2. The molecule has 0 fully saturated rings. The maximum absolute atomic E-state index is 13.4. The average Bonchev–Trinajstić information content (AvgIpc) is 2.93. The molecule has 0 bridgehead atoms. The summed E-state index contributed by atoms with van der Waals surface area (Å²) in [5.74, 6) is -1.04. The topological polar surface area (TPSA) is 121 Å². The van der Waals surface area contributed by atoms with Gasteiger partial charge in [-0.25, -0.2) is 18.2 Å². The third-order valence-electron chi connectivity index (χ3n) is 5.89. The molecule has 2 amide bonds. The third kappa shape index (κ3) is 7.74. The predicted octanol–water partition coefficient (Wildman–Crippen LogP) is 7.97. The van der Waals surface area contributed by atoms with Gasteiger partial charge >= 0.3 is 12.3 Å². The highest BCUT2D eigenvalue weighted by molar-refractivity contribution is 7.92. The first-order valence-corrected chi connectivity index (χ1v) is 14.2. The molecule has 0 saturated heterocycles. The van der Waals surface area contributed by atoms with Gasteiger partial charge in [-0.3, -0.25) is 15.1 Å². The first-order valence-electron chi connectivity index (χ1n) is 12.7. The molecule has 8 nitrogen and oxygen atoms in total. The quantitative estimate of drug-likeness (QED) is 0.190. The number of nitrogens with zero attached hydrogens (tertiary/aromatic N) is 1. The Balaban J connectivity index is 1.60. The van der Waals surface area contributed by atoms with E-state index in [0.29, 0.717) is 17.2 Å². The van der Waals surface area contributed by atoms with Crippen molar-refractivity contribution in [1.29, 1.82) is 4.78 Å². The maximum atomic E-state index is 13.4. The van der Waals surface area contributed by atoms with Crippen LogP contribution >= 0.6 is 0 Å². The Bertz CT molecular complexity index is 1750. The average molecular weight is 615 g/mol. The number of rotatable bonds is 6. The van der Waals surface area contributed by atoms with E-state index in [9.17, 15) is 31.4 Å². The van der Waals surface area contributed by atoms with Crippen LogP contribution in [0.5, 0.6) is 0 Å². The molecule has 0 saturated carbocycles. The van der Waals surface area contributed by atoms with E-state index < -0.39 is 45.0 Å². The fraction of sp³-hybridized carbons (Fsp3) is 0.167. The summed E-state index contributed by atoms with van der Waals surface area (Å²) in [4.78, 5) is 28.6. The minimum atomic E-state index is -4.68. The molecule has 13 heteroatoms. The minimum Gasteiger partial charge on any atom is -0.444 e. The molecule has 0 spiro atoms. The van der Waals surface area contributed by atoms with Crippen molar-refractivity contribution in [2.24, 2.45) is 0 Å². The van der Waals surface area contributed by atoms with Crippen molar-refractivity contribution in [2.75, 3.05) is 10.6 Å². The molecule has 224 valence electrons. The van der Waals surface area contributed by atoms with Gasteiger partial charge in [-0.1, -0.05) is 18.2 Å². The van der Waals surface area contributed by atoms with Gasteiger partial charge in [0.2, 0.25) is 0 Å². The van der Waals surface area contributed by atoms with Gasteiger partial charge in [-0.15, -0.1) is 0 Å². The van der Waals surface area contributed by atoms with E-state index in [4.69, 9.17) is 9.52 Å². The van der Waals surface area contributed by atoms with Crippen molar-refractivity contribution >= 4 is 33.1 Å². The zero-order valence-corrected chi connectivity index (χ0v) is 23.9. The second kappa shape index (κ2) is 11.8. The highest BCUT2D eigenvalue weighted by Gasteiger charge is 2.32. The van der Waals surface area contributed by atoms with Gasteiger partial charge in [0, 0.05) is 11.8 Å². The van der Waals surface area contributed by atoms with Crippen LogP contribution in [-0.4, -0.2) is 26.8 Å². The van der Waals surface area contributed by atoms with Gasteiger partial charge in [0.05, 0.1) is 21.2 Å². The second-order valence-electron chi connectivity index (χ2n) is 10.3. The van der Waals surface area contributed by atoms with Gasteiger partial charge < -0.3 is 10.1 Å². The van der Waals surface area contributed by atoms with Crippen LogP contribution in [0, 0.1) is 10.6 Å². The zero-order valence-electron chi connectivity index (χ0n) is 23.1.